The first-order chi connectivity index (χ1) is 17.5. The summed E-state index contributed by atoms with van der Waals surface area (Å²) in [6, 6.07) is 24.5. The van der Waals surface area contributed by atoms with Crippen molar-refractivity contribution in [1.29, 1.82) is 0 Å². The average Bonchev–Trinajstić information content (AvgIpc) is 3.72. The molecule has 0 unspecified atom stereocenters. The second-order valence-electron chi connectivity index (χ2n) is 9.04. The number of aliphatic carboxylic acids is 1. The maximum Gasteiger partial charge on any atom is 0.326 e. The molecule has 1 atom stereocenters. The number of carboxylic acids is 1. The lowest BCUT2D eigenvalue weighted by molar-refractivity contribution is -0.142. The first kappa shape index (κ1) is 23.2. The summed E-state index contributed by atoms with van der Waals surface area (Å²) >= 11 is 0. The SMILES string of the molecule is O=C(Nc1ccc(C[C@H](NC(=O)C2(c3ccccc3)CC2)C(=O)O)cc1)c1ccnc2ccccc12. The Kier molecular flexibility index (Phi) is 6.21. The van der Waals surface area contributed by atoms with Crippen LogP contribution in [0.3, 0.4) is 0 Å². The van der Waals surface area contributed by atoms with Crippen molar-refractivity contribution < 1.29 is 19.5 Å². The number of carbonyl (C=O) groups is 3. The van der Waals surface area contributed by atoms with Gasteiger partial charge in [-0.25, -0.2) is 4.79 Å². The summed E-state index contributed by atoms with van der Waals surface area (Å²) < 4.78 is 0. The van der Waals surface area contributed by atoms with Gasteiger partial charge in [0.2, 0.25) is 5.91 Å². The molecule has 0 bridgehead atoms. The van der Waals surface area contributed by atoms with E-state index in [0.29, 0.717) is 24.1 Å². The number of benzene rings is 3. The lowest BCUT2D eigenvalue weighted by atomic mass is 9.94. The molecule has 7 nitrogen and oxygen atoms in total. The van der Waals surface area contributed by atoms with Gasteiger partial charge >= 0.3 is 5.97 Å². The van der Waals surface area contributed by atoms with Crippen LogP contribution < -0.4 is 10.6 Å². The number of aromatic nitrogens is 1. The number of carboxylic acid groups (broad SMARTS) is 1. The van der Waals surface area contributed by atoms with Crippen LogP contribution in [0.25, 0.3) is 10.9 Å². The van der Waals surface area contributed by atoms with E-state index in [-0.39, 0.29) is 18.2 Å². The molecule has 5 rings (SSSR count). The van der Waals surface area contributed by atoms with Crippen molar-refractivity contribution >= 4 is 34.4 Å². The molecular formula is C29H25N3O4. The van der Waals surface area contributed by atoms with Crippen molar-refractivity contribution in [1.82, 2.24) is 10.3 Å². The lowest BCUT2D eigenvalue weighted by Crippen LogP contribution is -2.46. The molecule has 0 aliphatic heterocycles. The zero-order valence-corrected chi connectivity index (χ0v) is 19.5. The largest absolute Gasteiger partial charge is 0.480 e. The van der Waals surface area contributed by atoms with Gasteiger partial charge in [0.05, 0.1) is 16.5 Å². The standard InChI is InChI=1S/C29H25N3O4/c33-26(23-14-17-30-24-9-5-4-8-22(23)24)31-21-12-10-19(11-13-21)18-25(27(34)35)32-28(36)29(15-16-29)20-6-2-1-3-7-20/h1-14,17,25H,15-16,18H2,(H,31,33)(H,32,36)(H,34,35)/t25-/m0/s1. The van der Waals surface area contributed by atoms with E-state index in [2.05, 4.69) is 15.6 Å². The molecule has 0 radical (unpaired) electrons. The highest BCUT2D eigenvalue weighted by molar-refractivity contribution is 6.12. The van der Waals surface area contributed by atoms with Crippen LogP contribution in [0.2, 0.25) is 0 Å². The van der Waals surface area contributed by atoms with Gasteiger partial charge in [-0.3, -0.25) is 14.6 Å². The summed E-state index contributed by atoms with van der Waals surface area (Å²) in [7, 11) is 0. The predicted molar refractivity (Wildman–Crippen MR) is 137 cm³/mol. The van der Waals surface area contributed by atoms with E-state index >= 15 is 0 Å². The Hall–Kier alpha value is -4.52. The minimum atomic E-state index is -1.09. The third-order valence-corrected chi connectivity index (χ3v) is 6.66. The molecule has 1 aromatic heterocycles. The number of para-hydroxylation sites is 1. The third kappa shape index (κ3) is 4.68. The van der Waals surface area contributed by atoms with Gasteiger partial charge in [0.1, 0.15) is 6.04 Å². The summed E-state index contributed by atoms with van der Waals surface area (Å²) in [5.74, 6) is -1.60. The molecule has 1 saturated carbocycles. The molecule has 2 amide bonds. The molecule has 3 N–H and O–H groups in total. The van der Waals surface area contributed by atoms with E-state index < -0.39 is 17.4 Å². The van der Waals surface area contributed by atoms with Crippen molar-refractivity contribution in [2.75, 3.05) is 5.32 Å². The number of fused-ring (bicyclic) bond motifs is 1. The maximum absolute atomic E-state index is 13.0. The highest BCUT2D eigenvalue weighted by Gasteiger charge is 2.51. The van der Waals surface area contributed by atoms with Crippen molar-refractivity contribution in [3.05, 3.63) is 108 Å². The van der Waals surface area contributed by atoms with Crippen molar-refractivity contribution in [3.63, 3.8) is 0 Å². The van der Waals surface area contributed by atoms with E-state index in [9.17, 15) is 19.5 Å². The predicted octanol–water partition coefficient (Wildman–Crippen LogP) is 4.33. The van der Waals surface area contributed by atoms with E-state index in [0.717, 1.165) is 22.0 Å². The van der Waals surface area contributed by atoms with Crippen LogP contribution in [0, 0.1) is 0 Å². The van der Waals surface area contributed by atoms with Gasteiger partial charge in [0, 0.05) is 23.7 Å². The third-order valence-electron chi connectivity index (χ3n) is 6.66. The Morgan fingerprint density at radius 3 is 2.28 bits per heavy atom. The Bertz CT molecular complexity index is 1420. The summed E-state index contributed by atoms with van der Waals surface area (Å²) in [6.45, 7) is 0. The Morgan fingerprint density at radius 2 is 1.58 bits per heavy atom. The van der Waals surface area contributed by atoms with Crippen molar-refractivity contribution in [2.24, 2.45) is 0 Å². The molecule has 4 aromatic rings. The number of hydrogen-bond acceptors (Lipinski definition) is 4. The smallest absolute Gasteiger partial charge is 0.326 e. The minimum Gasteiger partial charge on any atom is -0.480 e. The van der Waals surface area contributed by atoms with Crippen LogP contribution in [-0.2, 0) is 21.4 Å². The number of pyridine rings is 1. The fourth-order valence-electron chi connectivity index (χ4n) is 4.48. The first-order valence-corrected chi connectivity index (χ1v) is 11.8. The van der Waals surface area contributed by atoms with Gasteiger partial charge < -0.3 is 15.7 Å². The highest BCUT2D eigenvalue weighted by atomic mass is 16.4. The van der Waals surface area contributed by atoms with Crippen LogP contribution in [-0.4, -0.2) is 33.9 Å². The molecule has 1 fully saturated rings. The minimum absolute atomic E-state index is 0.134. The number of anilines is 1. The van der Waals surface area contributed by atoms with Gasteiger partial charge in [-0.1, -0.05) is 60.7 Å². The summed E-state index contributed by atoms with van der Waals surface area (Å²) in [6.07, 6.45) is 3.14. The second kappa shape index (κ2) is 9.62. The summed E-state index contributed by atoms with van der Waals surface area (Å²) in [5.41, 5.74) is 2.85. The number of carbonyl (C=O) groups excluding carboxylic acids is 2. The molecule has 36 heavy (non-hydrogen) atoms. The lowest BCUT2D eigenvalue weighted by Gasteiger charge is -2.20. The second-order valence-corrected chi connectivity index (χ2v) is 9.04. The topological polar surface area (TPSA) is 108 Å². The molecule has 0 saturated heterocycles. The van der Waals surface area contributed by atoms with Crippen LogP contribution in [0.15, 0.2) is 91.1 Å². The van der Waals surface area contributed by atoms with Crippen molar-refractivity contribution in [3.8, 4) is 0 Å². The summed E-state index contributed by atoms with van der Waals surface area (Å²) in [5, 5.41) is 16.1. The molecule has 7 heteroatoms. The number of nitrogens with one attached hydrogen (secondary N) is 2. The van der Waals surface area contributed by atoms with E-state index in [1.165, 1.54) is 0 Å². The molecule has 1 aliphatic carbocycles. The van der Waals surface area contributed by atoms with Gasteiger partial charge in [0.25, 0.3) is 5.91 Å². The Labute approximate surface area is 208 Å². The maximum atomic E-state index is 13.0. The fourth-order valence-corrected chi connectivity index (χ4v) is 4.48. The molecular weight excluding hydrogens is 454 g/mol. The van der Waals surface area contributed by atoms with E-state index in [4.69, 9.17) is 0 Å². The number of amides is 2. The molecule has 1 aliphatic rings. The number of hydrogen-bond donors (Lipinski definition) is 3. The molecule has 0 spiro atoms. The summed E-state index contributed by atoms with van der Waals surface area (Å²) in [4.78, 5) is 42.1. The van der Waals surface area contributed by atoms with Gasteiger partial charge in [-0.2, -0.15) is 0 Å². The van der Waals surface area contributed by atoms with Crippen LogP contribution in [0.4, 0.5) is 5.69 Å². The van der Waals surface area contributed by atoms with Gasteiger partial charge in [0.15, 0.2) is 0 Å². The zero-order chi connectivity index (χ0) is 25.1. The van der Waals surface area contributed by atoms with Crippen LogP contribution >= 0.6 is 0 Å². The van der Waals surface area contributed by atoms with Gasteiger partial charge in [-0.15, -0.1) is 0 Å². The zero-order valence-electron chi connectivity index (χ0n) is 19.5. The normalized spacial score (nSPS) is 14.6. The number of nitrogens with zero attached hydrogens (tertiary/aromatic N) is 1. The fraction of sp³-hybridized carbons (Fsp3) is 0.172. The first-order valence-electron chi connectivity index (χ1n) is 11.8. The molecule has 3 aromatic carbocycles. The highest BCUT2D eigenvalue weighted by Crippen LogP contribution is 2.48. The van der Waals surface area contributed by atoms with E-state index in [1.807, 2.05) is 54.6 Å². The van der Waals surface area contributed by atoms with Crippen LogP contribution in [0.5, 0.6) is 0 Å². The average molecular weight is 480 g/mol. The van der Waals surface area contributed by atoms with Gasteiger partial charge in [-0.05, 0) is 48.2 Å². The Morgan fingerprint density at radius 1 is 0.889 bits per heavy atom. The molecule has 180 valence electrons. The molecule has 1 heterocycles. The van der Waals surface area contributed by atoms with Crippen molar-refractivity contribution in [2.45, 2.75) is 30.7 Å². The number of rotatable bonds is 8. The Balaban J connectivity index is 1.25. The monoisotopic (exact) mass is 479 g/mol. The van der Waals surface area contributed by atoms with Crippen LogP contribution in [0.1, 0.15) is 34.3 Å². The quantitative estimate of drug-likeness (QED) is 0.349. The van der Waals surface area contributed by atoms with E-state index in [1.54, 1.807) is 36.5 Å².